The summed E-state index contributed by atoms with van der Waals surface area (Å²) < 4.78 is 20.3. The molecule has 8 nitrogen and oxygen atoms in total. The number of aromatic nitrogens is 1. The highest BCUT2D eigenvalue weighted by molar-refractivity contribution is 6.31. The van der Waals surface area contributed by atoms with Gasteiger partial charge in [0.1, 0.15) is 23.2 Å². The first-order chi connectivity index (χ1) is 17.3. The van der Waals surface area contributed by atoms with Crippen LogP contribution in [0.15, 0.2) is 53.7 Å². The maximum atomic E-state index is 15.0. The average molecular weight is 506 g/mol. The number of amides is 2. The fourth-order valence-corrected chi connectivity index (χ4v) is 3.86. The van der Waals surface area contributed by atoms with Crippen LogP contribution < -0.4 is 15.4 Å². The number of benzene rings is 2. The van der Waals surface area contributed by atoms with Crippen molar-refractivity contribution in [1.82, 2.24) is 9.88 Å². The molecule has 0 aliphatic carbocycles. The van der Waals surface area contributed by atoms with Crippen molar-refractivity contribution in [2.24, 2.45) is 4.99 Å². The summed E-state index contributed by atoms with van der Waals surface area (Å²) in [5, 5.41) is 5.40. The molecule has 2 N–H and O–H groups in total. The van der Waals surface area contributed by atoms with Gasteiger partial charge >= 0.3 is 0 Å². The average Bonchev–Trinajstić information content (AvgIpc) is 3.30. The van der Waals surface area contributed by atoms with Gasteiger partial charge in [-0.15, -0.1) is 6.42 Å². The molecule has 2 amide bonds. The molecular weight excluding hydrogens is 485 g/mol. The van der Waals surface area contributed by atoms with E-state index in [1.165, 1.54) is 43.6 Å². The number of methoxy groups -OCH3 is 1. The summed E-state index contributed by atoms with van der Waals surface area (Å²) in [6, 6.07) is 10.2. The van der Waals surface area contributed by atoms with E-state index in [1.807, 2.05) is 11.9 Å². The van der Waals surface area contributed by atoms with Crippen LogP contribution in [0.25, 0.3) is 0 Å². The Balaban J connectivity index is 1.63. The summed E-state index contributed by atoms with van der Waals surface area (Å²) >= 11 is 6.17. The van der Waals surface area contributed by atoms with Crippen molar-refractivity contribution in [3.8, 4) is 18.1 Å². The number of anilines is 2. The zero-order valence-corrected chi connectivity index (χ0v) is 20.2. The Morgan fingerprint density at radius 1 is 1.14 bits per heavy atom. The quantitative estimate of drug-likeness (QED) is 0.493. The van der Waals surface area contributed by atoms with Crippen LogP contribution in [0.2, 0.25) is 5.02 Å². The third kappa shape index (κ3) is 5.14. The van der Waals surface area contributed by atoms with Gasteiger partial charge in [0, 0.05) is 42.0 Å². The number of nitrogens with one attached hydrogen (secondary N) is 2. The van der Waals surface area contributed by atoms with Crippen molar-refractivity contribution in [3.63, 3.8) is 0 Å². The second kappa shape index (κ2) is 10.5. The molecule has 0 radical (unpaired) electrons. The van der Waals surface area contributed by atoms with E-state index in [4.69, 9.17) is 22.8 Å². The highest BCUT2D eigenvalue weighted by atomic mass is 35.5. The minimum Gasteiger partial charge on any atom is -0.494 e. The third-order valence-corrected chi connectivity index (χ3v) is 5.69. The molecular formula is C26H21ClFN5O3. The molecule has 0 saturated carbocycles. The maximum absolute atomic E-state index is 15.0. The molecule has 10 heteroatoms. The predicted octanol–water partition coefficient (Wildman–Crippen LogP) is 4.06. The van der Waals surface area contributed by atoms with Gasteiger partial charge in [-0.2, -0.15) is 0 Å². The van der Waals surface area contributed by atoms with Gasteiger partial charge in [-0.25, -0.2) is 9.37 Å². The van der Waals surface area contributed by atoms with E-state index >= 15 is 0 Å². The standard InChI is InChI=1S/C26H21ClFN5O3/c1-4-15-5-8-22(30-14-15)31-26(35)19-12-17(27)13-21(36-3)23(19)32-25(34)18-7-6-16(11-20(18)28)24-29-9-10-33(24)2/h1,5-8,11-14H,9-10H2,2-3H3,(H,32,34)(H,30,31,35). The number of carbonyl (C=O) groups is 2. The van der Waals surface area contributed by atoms with Crippen molar-refractivity contribution in [2.75, 3.05) is 37.9 Å². The molecule has 2 aromatic carbocycles. The number of aliphatic imine (C=N–C) groups is 1. The first-order valence-electron chi connectivity index (χ1n) is 10.8. The highest BCUT2D eigenvalue weighted by Gasteiger charge is 2.23. The van der Waals surface area contributed by atoms with Gasteiger partial charge in [-0.05, 0) is 30.3 Å². The zero-order valence-electron chi connectivity index (χ0n) is 19.4. The van der Waals surface area contributed by atoms with Crippen molar-refractivity contribution >= 4 is 40.8 Å². The first-order valence-corrected chi connectivity index (χ1v) is 11.2. The van der Waals surface area contributed by atoms with E-state index in [0.717, 1.165) is 6.54 Å². The van der Waals surface area contributed by atoms with E-state index in [2.05, 4.69) is 26.5 Å². The fourth-order valence-electron chi connectivity index (χ4n) is 3.65. The number of ether oxygens (including phenoxy) is 1. The molecule has 1 aromatic heterocycles. The number of halogens is 2. The Morgan fingerprint density at radius 3 is 2.53 bits per heavy atom. The number of rotatable bonds is 6. The number of pyridine rings is 1. The first kappa shape index (κ1) is 24.7. The van der Waals surface area contributed by atoms with Crippen LogP contribution >= 0.6 is 11.6 Å². The summed E-state index contributed by atoms with van der Waals surface area (Å²) in [4.78, 5) is 36.5. The van der Waals surface area contributed by atoms with Crippen LogP contribution in [-0.2, 0) is 0 Å². The van der Waals surface area contributed by atoms with Crippen LogP contribution in [-0.4, -0.2) is 54.8 Å². The van der Waals surface area contributed by atoms with Crippen molar-refractivity contribution in [2.45, 2.75) is 0 Å². The van der Waals surface area contributed by atoms with Crippen molar-refractivity contribution in [1.29, 1.82) is 0 Å². The molecule has 0 atom stereocenters. The van der Waals surface area contributed by atoms with Crippen LogP contribution in [0, 0.1) is 18.2 Å². The molecule has 4 rings (SSSR count). The van der Waals surface area contributed by atoms with E-state index in [9.17, 15) is 14.0 Å². The summed E-state index contributed by atoms with van der Waals surface area (Å²) in [7, 11) is 3.22. The highest BCUT2D eigenvalue weighted by Crippen LogP contribution is 2.33. The van der Waals surface area contributed by atoms with E-state index < -0.39 is 17.6 Å². The second-order valence-electron chi connectivity index (χ2n) is 7.84. The minimum atomic E-state index is -0.771. The number of hydrogen-bond donors (Lipinski definition) is 2. The molecule has 1 aliphatic heterocycles. The molecule has 0 saturated heterocycles. The Labute approximate surface area is 212 Å². The summed E-state index contributed by atoms with van der Waals surface area (Å²) in [5.41, 5.74) is 0.916. The topological polar surface area (TPSA) is 95.9 Å². The molecule has 1 aliphatic rings. The van der Waals surface area contributed by atoms with Crippen molar-refractivity contribution in [3.05, 3.63) is 81.8 Å². The monoisotopic (exact) mass is 505 g/mol. The van der Waals surface area contributed by atoms with Gasteiger partial charge in [0.05, 0.1) is 30.5 Å². The Bertz CT molecular complexity index is 1420. The number of likely N-dealkylation sites (N-methyl/N-ethyl adjacent to an activating group) is 1. The summed E-state index contributed by atoms with van der Waals surface area (Å²) in [6.07, 6.45) is 6.76. The normalized spacial score (nSPS) is 12.5. The minimum absolute atomic E-state index is 0.00510. The lowest BCUT2D eigenvalue weighted by atomic mass is 10.1. The van der Waals surface area contributed by atoms with Crippen LogP contribution in [0.4, 0.5) is 15.9 Å². The van der Waals surface area contributed by atoms with Gasteiger partial charge in [0.2, 0.25) is 0 Å². The van der Waals surface area contributed by atoms with E-state index in [-0.39, 0.29) is 33.4 Å². The molecule has 0 fully saturated rings. The third-order valence-electron chi connectivity index (χ3n) is 5.47. The molecule has 36 heavy (non-hydrogen) atoms. The van der Waals surface area contributed by atoms with Gasteiger partial charge in [0.25, 0.3) is 11.8 Å². The van der Waals surface area contributed by atoms with Crippen LogP contribution in [0.1, 0.15) is 31.8 Å². The Hall–Kier alpha value is -4.42. The number of carbonyl (C=O) groups excluding carboxylic acids is 2. The van der Waals surface area contributed by atoms with Crippen LogP contribution in [0.5, 0.6) is 5.75 Å². The summed E-state index contributed by atoms with van der Waals surface area (Å²) in [5.74, 6) is 1.32. The largest absolute Gasteiger partial charge is 0.494 e. The van der Waals surface area contributed by atoms with Crippen LogP contribution in [0.3, 0.4) is 0 Å². The molecule has 2 heterocycles. The number of terminal acetylenes is 1. The van der Waals surface area contributed by atoms with Crippen molar-refractivity contribution < 1.29 is 18.7 Å². The smallest absolute Gasteiger partial charge is 0.259 e. The zero-order chi connectivity index (χ0) is 25.8. The van der Waals surface area contributed by atoms with Gasteiger partial charge in [-0.3, -0.25) is 14.6 Å². The van der Waals surface area contributed by atoms with Gasteiger partial charge < -0.3 is 20.3 Å². The van der Waals surface area contributed by atoms with Gasteiger partial charge in [0.15, 0.2) is 0 Å². The van der Waals surface area contributed by atoms with Gasteiger partial charge in [-0.1, -0.05) is 23.6 Å². The SMILES string of the molecule is C#Cc1ccc(NC(=O)c2cc(Cl)cc(OC)c2NC(=O)c2ccc(C3=NCCN3C)cc2F)nc1. The lowest BCUT2D eigenvalue weighted by Crippen LogP contribution is -2.24. The lowest BCUT2D eigenvalue weighted by Gasteiger charge is -2.17. The Morgan fingerprint density at radius 2 is 1.92 bits per heavy atom. The summed E-state index contributed by atoms with van der Waals surface area (Å²) in [6.45, 7) is 1.37. The lowest BCUT2D eigenvalue weighted by molar-refractivity contribution is 0.102. The Kier molecular flexibility index (Phi) is 7.17. The molecule has 182 valence electrons. The van der Waals surface area contributed by atoms with E-state index in [0.29, 0.717) is 23.5 Å². The second-order valence-corrected chi connectivity index (χ2v) is 8.27. The number of amidine groups is 1. The van der Waals surface area contributed by atoms with E-state index in [1.54, 1.807) is 12.1 Å². The number of hydrogen-bond acceptors (Lipinski definition) is 6. The molecule has 0 bridgehead atoms. The predicted molar refractivity (Wildman–Crippen MR) is 137 cm³/mol. The molecule has 3 aromatic rings. The maximum Gasteiger partial charge on any atom is 0.259 e. The fraction of sp³-hybridized carbons (Fsp3) is 0.154. The molecule has 0 unspecified atom stereocenters. The molecule has 0 spiro atoms. The number of nitrogens with zero attached hydrogens (tertiary/aromatic N) is 3.